The molecule has 0 saturated heterocycles. The van der Waals surface area contributed by atoms with Crippen molar-refractivity contribution in [3.8, 4) is 0 Å². The van der Waals surface area contributed by atoms with Crippen LogP contribution in [-0.4, -0.2) is 28.2 Å². The minimum absolute atomic E-state index is 0.260. The van der Waals surface area contributed by atoms with Gasteiger partial charge in [-0.3, -0.25) is 0 Å². The van der Waals surface area contributed by atoms with Crippen LogP contribution in [0.3, 0.4) is 0 Å². The van der Waals surface area contributed by atoms with E-state index < -0.39 is 10.0 Å². The molecule has 0 aromatic heterocycles. The molecule has 0 heterocycles. The molecule has 1 aromatic rings. The number of hydrogen-bond donors (Lipinski definition) is 1. The van der Waals surface area contributed by atoms with E-state index in [9.17, 15) is 8.42 Å². The highest BCUT2D eigenvalue weighted by atomic mass is 35.5. The molecule has 0 bridgehead atoms. The first kappa shape index (κ1) is 16.4. The standard InChI is InChI=1S/C13H20ClNO3S/c1-2-9-18-10-3-8-15-19(16,17)13-6-4-12(11-14)5-7-13/h4-7,15H,2-3,8-11H2,1H3. The van der Waals surface area contributed by atoms with Crippen molar-refractivity contribution in [2.45, 2.75) is 30.5 Å². The summed E-state index contributed by atoms with van der Waals surface area (Å²) in [5.74, 6) is 0.378. The van der Waals surface area contributed by atoms with Crippen LogP contribution in [0.2, 0.25) is 0 Å². The highest BCUT2D eigenvalue weighted by Crippen LogP contribution is 2.11. The van der Waals surface area contributed by atoms with Crippen LogP contribution >= 0.6 is 11.6 Å². The van der Waals surface area contributed by atoms with E-state index in [1.54, 1.807) is 24.3 Å². The molecule has 4 nitrogen and oxygen atoms in total. The topological polar surface area (TPSA) is 55.4 Å². The summed E-state index contributed by atoms with van der Waals surface area (Å²) >= 11 is 5.66. The molecule has 0 aliphatic heterocycles. The molecule has 0 aliphatic carbocycles. The molecule has 0 atom stereocenters. The van der Waals surface area contributed by atoms with Crippen LogP contribution < -0.4 is 4.72 Å². The third kappa shape index (κ3) is 5.91. The number of halogens is 1. The van der Waals surface area contributed by atoms with Gasteiger partial charge in [0.05, 0.1) is 4.90 Å². The van der Waals surface area contributed by atoms with E-state index in [4.69, 9.17) is 16.3 Å². The molecule has 0 amide bonds. The smallest absolute Gasteiger partial charge is 0.240 e. The summed E-state index contributed by atoms with van der Waals surface area (Å²) in [6.45, 7) is 3.70. The molecule has 0 fully saturated rings. The predicted octanol–water partition coefficient (Wildman–Crippen LogP) is 2.52. The van der Waals surface area contributed by atoms with Gasteiger partial charge >= 0.3 is 0 Å². The van der Waals surface area contributed by atoms with E-state index >= 15 is 0 Å². The Hall–Kier alpha value is -0.620. The van der Waals surface area contributed by atoms with Crippen LogP contribution in [0.25, 0.3) is 0 Å². The Bertz CT molecular complexity index is 459. The normalized spacial score (nSPS) is 11.7. The second-order valence-corrected chi connectivity index (χ2v) is 6.18. The molecule has 0 spiro atoms. The number of nitrogens with one attached hydrogen (secondary N) is 1. The molecule has 0 aliphatic rings. The van der Waals surface area contributed by atoms with Crippen LogP contribution in [0.1, 0.15) is 25.3 Å². The van der Waals surface area contributed by atoms with Gasteiger partial charge in [-0.1, -0.05) is 19.1 Å². The van der Waals surface area contributed by atoms with E-state index in [1.165, 1.54) is 0 Å². The zero-order chi connectivity index (χ0) is 14.1. The van der Waals surface area contributed by atoms with Crippen LogP contribution in [0.4, 0.5) is 0 Å². The van der Waals surface area contributed by atoms with Gasteiger partial charge in [0.15, 0.2) is 0 Å². The fourth-order valence-electron chi connectivity index (χ4n) is 1.47. The Kier molecular flexibility index (Phi) is 7.38. The molecule has 1 aromatic carbocycles. The van der Waals surface area contributed by atoms with Crippen molar-refractivity contribution < 1.29 is 13.2 Å². The number of hydrogen-bond acceptors (Lipinski definition) is 3. The fraction of sp³-hybridized carbons (Fsp3) is 0.538. The first-order chi connectivity index (χ1) is 9.10. The van der Waals surface area contributed by atoms with E-state index in [2.05, 4.69) is 4.72 Å². The zero-order valence-electron chi connectivity index (χ0n) is 11.1. The summed E-state index contributed by atoms with van der Waals surface area (Å²) < 4.78 is 31.7. The Labute approximate surface area is 120 Å². The maximum atomic E-state index is 11.9. The molecule has 0 unspecified atom stereocenters. The quantitative estimate of drug-likeness (QED) is 0.563. The third-order valence-electron chi connectivity index (χ3n) is 2.49. The second kappa shape index (κ2) is 8.53. The van der Waals surface area contributed by atoms with Crippen molar-refractivity contribution in [3.63, 3.8) is 0 Å². The first-order valence-corrected chi connectivity index (χ1v) is 8.34. The molecule has 19 heavy (non-hydrogen) atoms. The number of rotatable bonds is 9. The van der Waals surface area contributed by atoms with E-state index in [0.717, 1.165) is 12.0 Å². The molecule has 6 heteroatoms. The summed E-state index contributed by atoms with van der Waals surface area (Å²) in [4.78, 5) is 0.260. The summed E-state index contributed by atoms with van der Waals surface area (Å²) in [5.41, 5.74) is 0.897. The third-order valence-corrected chi connectivity index (χ3v) is 4.28. The molecule has 0 saturated carbocycles. The largest absolute Gasteiger partial charge is 0.381 e. The maximum absolute atomic E-state index is 11.9. The van der Waals surface area contributed by atoms with E-state index in [-0.39, 0.29) is 4.90 Å². The molecule has 108 valence electrons. The maximum Gasteiger partial charge on any atom is 0.240 e. The highest BCUT2D eigenvalue weighted by Gasteiger charge is 2.12. The van der Waals surface area contributed by atoms with Crippen molar-refractivity contribution in [3.05, 3.63) is 29.8 Å². The molecule has 0 radical (unpaired) electrons. The number of benzene rings is 1. The van der Waals surface area contributed by atoms with Gasteiger partial charge in [0.1, 0.15) is 0 Å². The molecular weight excluding hydrogens is 286 g/mol. The minimum Gasteiger partial charge on any atom is -0.381 e. The Morgan fingerprint density at radius 3 is 2.47 bits per heavy atom. The lowest BCUT2D eigenvalue weighted by Crippen LogP contribution is -2.25. The van der Waals surface area contributed by atoms with Gasteiger partial charge < -0.3 is 4.74 Å². The number of sulfonamides is 1. The van der Waals surface area contributed by atoms with Crippen molar-refractivity contribution in [2.75, 3.05) is 19.8 Å². The Balaban J connectivity index is 2.42. The van der Waals surface area contributed by atoms with Gasteiger partial charge in [-0.05, 0) is 30.5 Å². The molecule has 1 N–H and O–H groups in total. The SMILES string of the molecule is CCCOCCCNS(=O)(=O)c1ccc(CCl)cc1. The summed E-state index contributed by atoms with van der Waals surface area (Å²) in [6, 6.07) is 6.55. The highest BCUT2D eigenvalue weighted by molar-refractivity contribution is 7.89. The van der Waals surface area contributed by atoms with Gasteiger partial charge in [-0.25, -0.2) is 13.1 Å². The average molecular weight is 306 g/mol. The van der Waals surface area contributed by atoms with Crippen molar-refractivity contribution in [1.82, 2.24) is 4.72 Å². The number of alkyl halides is 1. The lowest BCUT2D eigenvalue weighted by molar-refractivity contribution is 0.133. The average Bonchev–Trinajstić information content (AvgIpc) is 2.43. The molecule has 1 rings (SSSR count). The zero-order valence-corrected chi connectivity index (χ0v) is 12.6. The molecular formula is C13H20ClNO3S. The Morgan fingerprint density at radius 2 is 1.89 bits per heavy atom. The number of ether oxygens (including phenoxy) is 1. The second-order valence-electron chi connectivity index (χ2n) is 4.14. The van der Waals surface area contributed by atoms with Crippen molar-refractivity contribution >= 4 is 21.6 Å². The summed E-state index contributed by atoms with van der Waals surface area (Å²) in [6.07, 6.45) is 1.64. The van der Waals surface area contributed by atoms with Gasteiger partial charge in [0.25, 0.3) is 0 Å². The van der Waals surface area contributed by atoms with E-state index in [0.29, 0.717) is 32.1 Å². The van der Waals surface area contributed by atoms with Crippen molar-refractivity contribution in [2.24, 2.45) is 0 Å². The monoisotopic (exact) mass is 305 g/mol. The van der Waals surface area contributed by atoms with Gasteiger partial charge in [0.2, 0.25) is 10.0 Å². The van der Waals surface area contributed by atoms with Gasteiger partial charge in [-0.2, -0.15) is 0 Å². The van der Waals surface area contributed by atoms with Crippen molar-refractivity contribution in [1.29, 1.82) is 0 Å². The van der Waals surface area contributed by atoms with Crippen LogP contribution in [0.15, 0.2) is 29.2 Å². The summed E-state index contributed by atoms with van der Waals surface area (Å²) in [7, 11) is -3.43. The van der Waals surface area contributed by atoms with Crippen LogP contribution in [0.5, 0.6) is 0 Å². The van der Waals surface area contributed by atoms with Crippen LogP contribution in [0, 0.1) is 0 Å². The first-order valence-electron chi connectivity index (χ1n) is 6.32. The van der Waals surface area contributed by atoms with Gasteiger partial charge in [-0.15, -0.1) is 11.6 Å². The lowest BCUT2D eigenvalue weighted by Gasteiger charge is -2.07. The van der Waals surface area contributed by atoms with Gasteiger partial charge in [0, 0.05) is 25.6 Å². The predicted molar refractivity (Wildman–Crippen MR) is 76.9 cm³/mol. The van der Waals surface area contributed by atoms with Crippen LogP contribution in [-0.2, 0) is 20.6 Å². The lowest BCUT2D eigenvalue weighted by atomic mass is 10.2. The summed E-state index contributed by atoms with van der Waals surface area (Å²) in [5, 5.41) is 0. The van der Waals surface area contributed by atoms with E-state index in [1.807, 2.05) is 6.92 Å². The minimum atomic E-state index is -3.43. The Morgan fingerprint density at radius 1 is 1.21 bits per heavy atom. The fourth-order valence-corrected chi connectivity index (χ4v) is 2.72.